The molecule has 0 amide bonds. The molecular weight excluding hydrogens is 701 g/mol. The third-order valence-electron chi connectivity index (χ3n) is 7.42. The first-order valence-electron chi connectivity index (χ1n) is 13.9. The molecule has 6 rings (SSSR count). The van der Waals surface area contributed by atoms with Crippen LogP contribution in [0, 0.1) is 6.07 Å². The zero-order valence-electron chi connectivity index (χ0n) is 24.7. The van der Waals surface area contributed by atoms with E-state index < -0.39 is 0 Å². The van der Waals surface area contributed by atoms with E-state index >= 15 is 0 Å². The predicted molar refractivity (Wildman–Crippen MR) is 166 cm³/mol. The van der Waals surface area contributed by atoms with Crippen molar-refractivity contribution in [1.29, 1.82) is 0 Å². The topological polar surface area (TPSA) is 60.2 Å². The summed E-state index contributed by atoms with van der Waals surface area (Å²) in [6, 6.07) is 31.1. The molecule has 6 heteroatoms. The number of aromatic nitrogens is 3. The minimum atomic E-state index is -0.177. The van der Waals surface area contributed by atoms with Crippen LogP contribution in [0.4, 0.5) is 0 Å². The molecule has 0 saturated carbocycles. The first kappa shape index (κ1) is 29.5. The van der Waals surface area contributed by atoms with Crippen LogP contribution in [0.2, 0.25) is 0 Å². The zero-order chi connectivity index (χ0) is 28.9. The van der Waals surface area contributed by atoms with Crippen LogP contribution in [0.3, 0.4) is 0 Å². The van der Waals surface area contributed by atoms with Crippen molar-refractivity contribution in [3.05, 3.63) is 108 Å². The molecule has 0 bridgehead atoms. The van der Waals surface area contributed by atoms with Crippen LogP contribution < -0.4 is 4.74 Å². The Balaban J connectivity index is 0.00000353. The molecule has 216 valence electrons. The monoisotopic (exact) mass is 735 g/mol. The van der Waals surface area contributed by atoms with Crippen LogP contribution in [0.1, 0.15) is 52.7 Å². The fourth-order valence-electron chi connectivity index (χ4n) is 5.29. The maximum absolute atomic E-state index is 10.7. The van der Waals surface area contributed by atoms with E-state index in [-0.39, 0.29) is 37.6 Å². The maximum atomic E-state index is 10.7. The van der Waals surface area contributed by atoms with Gasteiger partial charge >= 0.3 is 0 Å². The number of hydrogen-bond donors (Lipinski definition) is 1. The Morgan fingerprint density at radius 1 is 0.810 bits per heavy atom. The van der Waals surface area contributed by atoms with Crippen molar-refractivity contribution in [2.75, 3.05) is 0 Å². The Bertz CT molecular complexity index is 1900. The number of ether oxygens (including phenoxy) is 1. The van der Waals surface area contributed by atoms with Crippen molar-refractivity contribution in [2.24, 2.45) is 0 Å². The minimum absolute atomic E-state index is 0. The molecule has 0 saturated heterocycles. The van der Waals surface area contributed by atoms with Gasteiger partial charge in [-0.25, -0.2) is 4.98 Å². The number of para-hydroxylation sites is 1. The van der Waals surface area contributed by atoms with Gasteiger partial charge in [-0.05, 0) is 40.7 Å². The van der Waals surface area contributed by atoms with Gasteiger partial charge in [-0.2, -0.15) is 4.98 Å². The van der Waals surface area contributed by atoms with E-state index in [0.29, 0.717) is 11.6 Å². The molecule has 1 N–H and O–H groups in total. The second kappa shape index (κ2) is 11.0. The Kier molecular flexibility index (Phi) is 7.76. The molecular formula is C36H34N3O2Pt-. The Morgan fingerprint density at radius 2 is 1.57 bits per heavy atom. The Morgan fingerprint density at radius 3 is 2.29 bits per heavy atom. The van der Waals surface area contributed by atoms with Gasteiger partial charge in [-0.3, -0.25) is 4.57 Å². The SMILES string of the molecule is CC(C)(C)c1ccc(O)c(-c2[c-]c(Oc3cc(C(C)(C)C)c4c5ccccc5n(-c5ccccn5)c4n3)ccc2)c1.[Pt]. The van der Waals surface area contributed by atoms with Gasteiger partial charge in [-0.1, -0.05) is 95.1 Å². The molecule has 0 fully saturated rings. The second-order valence-corrected chi connectivity index (χ2v) is 12.5. The van der Waals surface area contributed by atoms with Crippen molar-refractivity contribution in [1.82, 2.24) is 14.5 Å². The van der Waals surface area contributed by atoms with E-state index in [9.17, 15) is 5.11 Å². The number of pyridine rings is 2. The maximum Gasteiger partial charge on any atom is 0.219 e. The predicted octanol–water partition coefficient (Wildman–Crippen LogP) is 9.13. The normalized spacial score (nSPS) is 12.0. The summed E-state index contributed by atoms with van der Waals surface area (Å²) >= 11 is 0. The van der Waals surface area contributed by atoms with E-state index in [1.165, 1.54) is 0 Å². The van der Waals surface area contributed by atoms with Crippen LogP contribution in [0.15, 0.2) is 91.1 Å². The fraction of sp³-hybridized carbons (Fsp3) is 0.222. The number of aromatic hydroxyl groups is 1. The van der Waals surface area contributed by atoms with Gasteiger partial charge in [0.2, 0.25) is 5.88 Å². The number of hydrogen-bond acceptors (Lipinski definition) is 4. The molecule has 0 aliphatic heterocycles. The Hall–Kier alpha value is -3.95. The number of benzene rings is 3. The molecule has 0 spiro atoms. The number of phenolic OH excluding ortho intramolecular Hbond substituents is 1. The van der Waals surface area contributed by atoms with Crippen LogP contribution in [0.25, 0.3) is 38.9 Å². The van der Waals surface area contributed by atoms with Crippen LogP contribution in [0.5, 0.6) is 17.4 Å². The summed E-state index contributed by atoms with van der Waals surface area (Å²) < 4.78 is 8.53. The fourth-order valence-corrected chi connectivity index (χ4v) is 5.29. The second-order valence-electron chi connectivity index (χ2n) is 12.5. The molecule has 3 heterocycles. The molecule has 0 aliphatic rings. The smallest absolute Gasteiger partial charge is 0.219 e. The van der Waals surface area contributed by atoms with Gasteiger partial charge in [0.1, 0.15) is 5.82 Å². The quantitative estimate of drug-likeness (QED) is 0.184. The van der Waals surface area contributed by atoms with Gasteiger partial charge in [-0.15, -0.1) is 23.8 Å². The number of fused-ring (bicyclic) bond motifs is 3. The standard InChI is InChI=1S/C36H34N3O2.Pt/c1-35(2,3)24-17-18-30(40)27(21-24)23-12-11-13-25(20-23)41-32-22-28(36(4,5)6)33-26-14-7-8-15-29(26)39(34(33)38-32)31-16-9-10-19-37-31;/h7-19,21-22,40H,1-6H3;/q-1;. The molecule has 0 unspecified atom stereocenters. The minimum Gasteiger partial charge on any atom is -0.517 e. The average Bonchev–Trinajstić information content (AvgIpc) is 3.26. The van der Waals surface area contributed by atoms with Crippen molar-refractivity contribution < 1.29 is 30.9 Å². The molecule has 42 heavy (non-hydrogen) atoms. The van der Waals surface area contributed by atoms with Gasteiger partial charge in [0.15, 0.2) is 5.65 Å². The molecule has 3 aromatic heterocycles. The molecule has 3 aromatic carbocycles. The zero-order valence-corrected chi connectivity index (χ0v) is 26.9. The van der Waals surface area contributed by atoms with Crippen LogP contribution in [-0.4, -0.2) is 19.6 Å². The molecule has 0 atom stereocenters. The first-order chi connectivity index (χ1) is 19.5. The van der Waals surface area contributed by atoms with Crippen molar-refractivity contribution >= 4 is 21.9 Å². The van der Waals surface area contributed by atoms with Crippen LogP contribution in [-0.2, 0) is 31.9 Å². The molecule has 6 aromatic rings. The third kappa shape index (κ3) is 5.46. The summed E-state index contributed by atoms with van der Waals surface area (Å²) in [6.07, 6.45) is 1.80. The van der Waals surface area contributed by atoms with E-state index in [1.807, 2.05) is 60.7 Å². The van der Waals surface area contributed by atoms with E-state index in [0.717, 1.165) is 50.0 Å². The van der Waals surface area contributed by atoms with Crippen molar-refractivity contribution in [2.45, 2.75) is 52.4 Å². The molecule has 5 nitrogen and oxygen atoms in total. The summed E-state index contributed by atoms with van der Waals surface area (Å²) in [4.78, 5) is 9.71. The summed E-state index contributed by atoms with van der Waals surface area (Å²) in [5.74, 6) is 2.01. The summed E-state index contributed by atoms with van der Waals surface area (Å²) in [6.45, 7) is 13.1. The van der Waals surface area contributed by atoms with E-state index in [2.05, 4.69) is 75.4 Å². The van der Waals surface area contributed by atoms with E-state index in [4.69, 9.17) is 9.72 Å². The number of nitrogens with zero attached hydrogens (tertiary/aromatic N) is 3. The third-order valence-corrected chi connectivity index (χ3v) is 7.42. The van der Waals surface area contributed by atoms with Gasteiger partial charge in [0, 0.05) is 49.9 Å². The van der Waals surface area contributed by atoms with E-state index in [1.54, 1.807) is 12.3 Å². The summed E-state index contributed by atoms with van der Waals surface area (Å²) in [5, 5.41) is 12.9. The van der Waals surface area contributed by atoms with Crippen LogP contribution >= 0.6 is 0 Å². The van der Waals surface area contributed by atoms with Gasteiger partial charge in [0.05, 0.1) is 11.3 Å². The average molecular weight is 736 g/mol. The number of rotatable bonds is 4. The Labute approximate surface area is 261 Å². The summed E-state index contributed by atoms with van der Waals surface area (Å²) in [7, 11) is 0. The largest absolute Gasteiger partial charge is 0.517 e. The first-order valence-corrected chi connectivity index (χ1v) is 13.9. The molecule has 0 aliphatic carbocycles. The summed E-state index contributed by atoms with van der Waals surface area (Å²) in [5.41, 5.74) is 5.35. The van der Waals surface area contributed by atoms with Gasteiger partial charge < -0.3 is 9.84 Å². The van der Waals surface area contributed by atoms with Gasteiger partial charge in [0.25, 0.3) is 0 Å². The van der Waals surface area contributed by atoms with Crippen molar-refractivity contribution in [3.63, 3.8) is 0 Å². The molecule has 0 radical (unpaired) electrons. The van der Waals surface area contributed by atoms with Crippen molar-refractivity contribution in [3.8, 4) is 34.3 Å². The number of phenols is 1.